The van der Waals surface area contributed by atoms with Gasteiger partial charge in [0.2, 0.25) is 29.5 Å². The zero-order valence-electron chi connectivity index (χ0n) is 30.7. The number of benzene rings is 1. The van der Waals surface area contributed by atoms with Gasteiger partial charge in [0.25, 0.3) is 0 Å². The van der Waals surface area contributed by atoms with Gasteiger partial charge >= 0.3 is 0 Å². The number of hydrogen-bond acceptors (Lipinski definition) is 8. The summed E-state index contributed by atoms with van der Waals surface area (Å²) in [7, 11) is 1.63. The molecule has 13 nitrogen and oxygen atoms in total. The van der Waals surface area contributed by atoms with E-state index in [2.05, 4.69) is 40.3 Å². The summed E-state index contributed by atoms with van der Waals surface area (Å²) < 4.78 is 0. The van der Waals surface area contributed by atoms with Gasteiger partial charge in [0, 0.05) is 33.2 Å². The molecule has 1 aromatic rings. The number of likely N-dealkylation sites (N-methyl/N-ethyl adjacent to an activating group) is 1. The van der Waals surface area contributed by atoms with E-state index in [1.165, 1.54) is 10.5 Å². The van der Waals surface area contributed by atoms with Gasteiger partial charge in [0.05, 0.1) is 12.6 Å². The number of hydrogen-bond donors (Lipinski definition) is 6. The van der Waals surface area contributed by atoms with Crippen molar-refractivity contribution in [2.75, 3.05) is 33.3 Å². The summed E-state index contributed by atoms with van der Waals surface area (Å²) in [4.78, 5) is 72.0. The number of nitrogens with one attached hydrogen (secondary N) is 4. The van der Waals surface area contributed by atoms with Gasteiger partial charge in [0.1, 0.15) is 24.2 Å². The molecule has 1 aliphatic heterocycles. The first kappa shape index (κ1) is 40.9. The standard InChI is InChI=1S/C37H61N7O6/c1-6-7-11-26-14-16-27(17-15-26)22-44-19-18-39-33(46)30(23-45)41-34(47)29(21-38)40-36(49)32(28-12-9-8-10-13-28)42-35(48)31(20-24(2)3)43(5)37(50)25(44)4/h14-17,24-25,28-32,45H,6-13,18-23,38H2,1-5H3,(H,39,46)(H,40,49)(H,41,47)(H,42,48)/t25-,29-,30-,31-,32-/m0/s1. The van der Waals surface area contributed by atoms with Crippen molar-refractivity contribution >= 4 is 29.5 Å². The van der Waals surface area contributed by atoms with Gasteiger partial charge in [-0.2, -0.15) is 0 Å². The van der Waals surface area contributed by atoms with Crippen LogP contribution in [0, 0.1) is 11.8 Å². The molecule has 0 radical (unpaired) electrons. The van der Waals surface area contributed by atoms with Crippen LogP contribution in [0.2, 0.25) is 0 Å². The van der Waals surface area contributed by atoms with Crippen LogP contribution in [0.4, 0.5) is 0 Å². The van der Waals surface area contributed by atoms with Gasteiger partial charge in [0.15, 0.2) is 0 Å². The van der Waals surface area contributed by atoms with Crippen molar-refractivity contribution in [3.8, 4) is 0 Å². The molecule has 7 N–H and O–H groups in total. The lowest BCUT2D eigenvalue weighted by molar-refractivity contribution is -0.144. The van der Waals surface area contributed by atoms with Crippen molar-refractivity contribution in [2.45, 2.75) is 122 Å². The fourth-order valence-corrected chi connectivity index (χ4v) is 6.85. The molecule has 5 amide bonds. The molecule has 0 spiro atoms. The predicted molar refractivity (Wildman–Crippen MR) is 192 cm³/mol. The Morgan fingerprint density at radius 3 is 2.12 bits per heavy atom. The highest BCUT2D eigenvalue weighted by Gasteiger charge is 2.38. The minimum Gasteiger partial charge on any atom is -0.394 e. The SMILES string of the molecule is CCCCc1ccc(CN2CCNC(=O)[C@H](CO)NC(=O)[C@H](CN)NC(=O)[C@H](C3CCCCC3)NC(=O)[C@H](CC(C)C)N(C)C(=O)[C@@H]2C)cc1. The Balaban J connectivity index is 2.00. The maximum atomic E-state index is 14.2. The number of nitrogens with two attached hydrogens (primary N) is 1. The summed E-state index contributed by atoms with van der Waals surface area (Å²) in [5.41, 5.74) is 8.14. The van der Waals surface area contributed by atoms with E-state index in [1.807, 2.05) is 30.9 Å². The largest absolute Gasteiger partial charge is 0.394 e. The zero-order valence-corrected chi connectivity index (χ0v) is 30.7. The second-order valence-electron chi connectivity index (χ2n) is 14.4. The van der Waals surface area contributed by atoms with Gasteiger partial charge in [-0.05, 0) is 62.0 Å². The van der Waals surface area contributed by atoms with Crippen LogP contribution in [0.3, 0.4) is 0 Å². The van der Waals surface area contributed by atoms with Gasteiger partial charge in [-0.3, -0.25) is 28.9 Å². The van der Waals surface area contributed by atoms with Gasteiger partial charge in [-0.1, -0.05) is 70.7 Å². The number of amides is 5. The third-order valence-corrected chi connectivity index (χ3v) is 10.0. The lowest BCUT2D eigenvalue weighted by atomic mass is 9.83. The van der Waals surface area contributed by atoms with Crippen LogP contribution >= 0.6 is 0 Å². The summed E-state index contributed by atoms with van der Waals surface area (Å²) in [5.74, 6) is -2.67. The molecule has 2 aliphatic rings. The Morgan fingerprint density at radius 1 is 0.880 bits per heavy atom. The van der Waals surface area contributed by atoms with E-state index in [1.54, 1.807) is 14.0 Å². The molecule has 3 rings (SSSR count). The van der Waals surface area contributed by atoms with Crippen LogP contribution in [-0.4, -0.2) is 108 Å². The molecule has 0 aromatic heterocycles. The fourth-order valence-electron chi connectivity index (χ4n) is 6.85. The first-order valence-electron chi connectivity index (χ1n) is 18.5. The number of carbonyl (C=O) groups excluding carboxylic acids is 5. The number of unbranched alkanes of at least 4 members (excludes halogenated alkanes) is 1. The van der Waals surface area contributed by atoms with E-state index in [9.17, 15) is 29.1 Å². The average molecular weight is 700 g/mol. The minimum atomic E-state index is -1.28. The Hall–Kier alpha value is -3.55. The first-order valence-corrected chi connectivity index (χ1v) is 18.5. The molecule has 1 saturated carbocycles. The van der Waals surface area contributed by atoms with Crippen LogP contribution < -0.4 is 27.0 Å². The molecular weight excluding hydrogens is 638 g/mol. The highest BCUT2D eigenvalue weighted by molar-refractivity contribution is 5.96. The van der Waals surface area contributed by atoms with Crippen LogP contribution in [0.25, 0.3) is 0 Å². The number of nitrogens with zero attached hydrogens (tertiary/aromatic N) is 2. The monoisotopic (exact) mass is 699 g/mol. The molecule has 0 bridgehead atoms. The molecule has 13 heteroatoms. The molecule has 1 aliphatic carbocycles. The van der Waals surface area contributed by atoms with E-state index in [0.29, 0.717) is 13.0 Å². The number of rotatable bonds is 10. The number of carbonyl (C=O) groups is 5. The Bertz CT molecular complexity index is 1270. The quantitative estimate of drug-likeness (QED) is 0.210. The van der Waals surface area contributed by atoms with Crippen molar-refractivity contribution in [3.05, 3.63) is 35.4 Å². The van der Waals surface area contributed by atoms with Crippen molar-refractivity contribution < 1.29 is 29.1 Å². The molecule has 1 saturated heterocycles. The minimum absolute atomic E-state index is 0.0680. The third-order valence-electron chi connectivity index (χ3n) is 10.0. The highest BCUT2D eigenvalue weighted by Crippen LogP contribution is 2.27. The lowest BCUT2D eigenvalue weighted by Gasteiger charge is -2.37. The van der Waals surface area contributed by atoms with E-state index >= 15 is 0 Å². The van der Waals surface area contributed by atoms with Crippen LogP contribution in [0.5, 0.6) is 0 Å². The number of aliphatic hydroxyl groups is 1. The van der Waals surface area contributed by atoms with Gasteiger partial charge in [-0.15, -0.1) is 0 Å². The van der Waals surface area contributed by atoms with E-state index in [4.69, 9.17) is 5.73 Å². The second kappa shape index (κ2) is 20.3. The lowest BCUT2D eigenvalue weighted by Crippen LogP contribution is -2.62. The number of aryl methyl sites for hydroxylation is 1. The third kappa shape index (κ3) is 11.8. The molecule has 2 fully saturated rings. The molecule has 0 unspecified atom stereocenters. The topological polar surface area (TPSA) is 186 Å². The Labute approximate surface area is 297 Å². The average Bonchev–Trinajstić information content (AvgIpc) is 3.11. The smallest absolute Gasteiger partial charge is 0.245 e. The second-order valence-corrected chi connectivity index (χ2v) is 14.4. The summed E-state index contributed by atoms with van der Waals surface area (Å²) >= 11 is 0. The Morgan fingerprint density at radius 2 is 1.52 bits per heavy atom. The summed E-state index contributed by atoms with van der Waals surface area (Å²) in [6.45, 7) is 7.79. The fraction of sp³-hybridized carbons (Fsp3) is 0.703. The van der Waals surface area contributed by atoms with Crippen molar-refractivity contribution in [1.29, 1.82) is 0 Å². The zero-order chi connectivity index (χ0) is 36.8. The normalized spacial score (nSPS) is 26.1. The maximum absolute atomic E-state index is 14.2. The molecule has 1 aromatic carbocycles. The van der Waals surface area contributed by atoms with E-state index in [0.717, 1.165) is 56.9 Å². The van der Waals surface area contributed by atoms with Crippen molar-refractivity contribution in [3.63, 3.8) is 0 Å². The molecule has 50 heavy (non-hydrogen) atoms. The van der Waals surface area contributed by atoms with Gasteiger partial charge < -0.3 is 37.0 Å². The summed E-state index contributed by atoms with van der Waals surface area (Å²) in [6.07, 6.45) is 7.85. The number of aliphatic hydroxyl groups excluding tert-OH is 1. The maximum Gasteiger partial charge on any atom is 0.245 e. The van der Waals surface area contributed by atoms with Crippen molar-refractivity contribution in [1.82, 2.24) is 31.1 Å². The molecular formula is C37H61N7O6. The summed E-state index contributed by atoms with van der Waals surface area (Å²) in [6, 6.07) is 3.33. The van der Waals surface area contributed by atoms with Crippen molar-refractivity contribution in [2.24, 2.45) is 17.6 Å². The molecule has 280 valence electrons. The Kier molecular flexibility index (Phi) is 16.6. The molecule has 1 heterocycles. The molecule has 5 atom stereocenters. The predicted octanol–water partition coefficient (Wildman–Crippen LogP) is 1.21. The van der Waals surface area contributed by atoms with E-state index < -0.39 is 60.4 Å². The van der Waals surface area contributed by atoms with Crippen LogP contribution in [0.15, 0.2) is 24.3 Å². The first-order chi connectivity index (χ1) is 23.9. The van der Waals surface area contributed by atoms with E-state index in [-0.39, 0.29) is 37.4 Å². The van der Waals surface area contributed by atoms with Crippen LogP contribution in [-0.2, 0) is 36.9 Å². The van der Waals surface area contributed by atoms with Gasteiger partial charge in [-0.25, -0.2) is 0 Å². The van der Waals surface area contributed by atoms with Crippen LogP contribution in [0.1, 0.15) is 90.2 Å². The summed E-state index contributed by atoms with van der Waals surface area (Å²) in [5, 5.41) is 21.0. The highest BCUT2D eigenvalue weighted by atomic mass is 16.3.